The molecule has 2 aromatic heterocycles. The lowest BCUT2D eigenvalue weighted by molar-refractivity contribution is -0.149. The number of carboxylic acid groups (broad SMARTS) is 1. The molecule has 2 heterocycles. The lowest BCUT2D eigenvalue weighted by Crippen LogP contribution is -2.19. The molecule has 4 rings (SSSR count). The van der Waals surface area contributed by atoms with E-state index in [1.54, 1.807) is 10.9 Å². The number of aromatic nitrogens is 3. The number of benzene rings is 2. The second kappa shape index (κ2) is 10.2. The summed E-state index contributed by atoms with van der Waals surface area (Å²) in [6.07, 6.45) is 4.76. The fraction of sp³-hybridized carbons (Fsp3) is 0.185. The minimum atomic E-state index is -0.982. The summed E-state index contributed by atoms with van der Waals surface area (Å²) in [5.74, 6) is -1.13. The highest BCUT2D eigenvalue weighted by Gasteiger charge is 2.19. The Morgan fingerprint density at radius 3 is 2.53 bits per heavy atom. The number of aliphatic carboxylic acids is 1. The molecular weight excluding hydrogens is 430 g/mol. The molecule has 34 heavy (non-hydrogen) atoms. The predicted molar refractivity (Wildman–Crippen MR) is 130 cm³/mol. The van der Waals surface area contributed by atoms with Crippen molar-refractivity contribution >= 4 is 28.9 Å². The first kappa shape index (κ1) is 23.1. The monoisotopic (exact) mass is 455 g/mol. The number of hydrogen-bond donors (Lipinski definition) is 1. The molecule has 0 fully saturated rings. The van der Waals surface area contributed by atoms with Crippen LogP contribution in [0.2, 0.25) is 0 Å². The molecule has 0 spiro atoms. The molecule has 2 aromatic carbocycles. The van der Waals surface area contributed by atoms with Crippen LogP contribution in [-0.4, -0.2) is 37.7 Å². The first-order chi connectivity index (χ1) is 16.4. The van der Waals surface area contributed by atoms with Gasteiger partial charge in [-0.3, -0.25) is 14.5 Å². The Balaban J connectivity index is 1.48. The summed E-state index contributed by atoms with van der Waals surface area (Å²) < 4.78 is 7.08. The average Bonchev–Trinajstić information content (AvgIpc) is 3.22. The highest BCUT2D eigenvalue weighted by Crippen LogP contribution is 2.20. The van der Waals surface area contributed by atoms with E-state index in [1.165, 1.54) is 6.92 Å². The van der Waals surface area contributed by atoms with Gasteiger partial charge in [0, 0.05) is 11.8 Å². The Labute approximate surface area is 197 Å². The minimum absolute atomic E-state index is 0.151. The molecule has 0 bridgehead atoms. The summed E-state index contributed by atoms with van der Waals surface area (Å²) in [6, 6.07) is 18.9. The molecule has 0 amide bonds. The molecule has 1 N–H and O–H groups in total. The van der Waals surface area contributed by atoms with E-state index in [-0.39, 0.29) is 12.4 Å². The summed E-state index contributed by atoms with van der Waals surface area (Å²) in [7, 11) is 0. The van der Waals surface area contributed by atoms with Crippen LogP contribution in [0, 0.1) is 6.92 Å². The predicted octanol–water partition coefficient (Wildman–Crippen LogP) is 4.67. The zero-order valence-corrected chi connectivity index (χ0v) is 19.0. The molecule has 7 nitrogen and oxygen atoms in total. The number of carbonyl (C=O) groups excluding carboxylic acids is 1. The number of aryl methyl sites for hydroxylation is 1. The fourth-order valence-corrected chi connectivity index (χ4v) is 3.45. The summed E-state index contributed by atoms with van der Waals surface area (Å²) in [4.78, 5) is 28.3. The van der Waals surface area contributed by atoms with E-state index in [4.69, 9.17) is 9.84 Å². The number of nitrogens with zero attached hydrogens (tertiary/aromatic N) is 3. The van der Waals surface area contributed by atoms with Crippen molar-refractivity contribution in [3.8, 4) is 0 Å². The van der Waals surface area contributed by atoms with Gasteiger partial charge in [-0.1, -0.05) is 66.2 Å². The molecule has 7 heteroatoms. The van der Waals surface area contributed by atoms with Crippen LogP contribution < -0.4 is 0 Å². The number of carboxylic acids is 1. The Morgan fingerprint density at radius 2 is 1.82 bits per heavy atom. The summed E-state index contributed by atoms with van der Waals surface area (Å²) in [6.45, 7) is 4.20. The van der Waals surface area contributed by atoms with Crippen molar-refractivity contribution in [1.82, 2.24) is 14.8 Å². The van der Waals surface area contributed by atoms with Gasteiger partial charge in [-0.05, 0) is 37.1 Å². The maximum Gasteiger partial charge on any atom is 0.332 e. The minimum Gasteiger partial charge on any atom is -0.479 e. The van der Waals surface area contributed by atoms with Gasteiger partial charge in [0.05, 0.1) is 18.7 Å². The molecule has 0 unspecified atom stereocenters. The zero-order chi connectivity index (χ0) is 24.1. The lowest BCUT2D eigenvalue weighted by Gasteiger charge is -2.08. The van der Waals surface area contributed by atoms with E-state index >= 15 is 0 Å². The van der Waals surface area contributed by atoms with Gasteiger partial charge in [-0.25, -0.2) is 4.79 Å². The third kappa shape index (κ3) is 5.27. The van der Waals surface area contributed by atoms with Gasteiger partial charge in [0.1, 0.15) is 5.52 Å². The van der Waals surface area contributed by atoms with Crippen LogP contribution in [0.3, 0.4) is 0 Å². The number of rotatable bonds is 9. The molecule has 0 saturated carbocycles. The van der Waals surface area contributed by atoms with E-state index in [1.807, 2.05) is 79.7 Å². The van der Waals surface area contributed by atoms with E-state index in [2.05, 4.69) is 10.1 Å². The number of allylic oxidation sites excluding steroid dienone is 1. The number of pyridine rings is 1. The van der Waals surface area contributed by atoms with Crippen LogP contribution >= 0.6 is 0 Å². The highest BCUT2D eigenvalue weighted by molar-refractivity contribution is 6.13. The second-order valence-corrected chi connectivity index (χ2v) is 8.03. The first-order valence-corrected chi connectivity index (χ1v) is 10.9. The zero-order valence-electron chi connectivity index (χ0n) is 19.0. The third-order valence-corrected chi connectivity index (χ3v) is 5.45. The largest absolute Gasteiger partial charge is 0.479 e. The smallest absolute Gasteiger partial charge is 0.332 e. The van der Waals surface area contributed by atoms with Crippen molar-refractivity contribution < 1.29 is 19.4 Å². The van der Waals surface area contributed by atoms with Gasteiger partial charge in [-0.15, -0.1) is 0 Å². The number of ketones is 1. The van der Waals surface area contributed by atoms with Gasteiger partial charge >= 0.3 is 5.97 Å². The van der Waals surface area contributed by atoms with Crippen molar-refractivity contribution in [2.24, 2.45) is 0 Å². The normalized spacial score (nSPS) is 12.3. The molecule has 4 aromatic rings. The van der Waals surface area contributed by atoms with Gasteiger partial charge in [0.15, 0.2) is 11.8 Å². The van der Waals surface area contributed by atoms with E-state index in [9.17, 15) is 9.59 Å². The van der Waals surface area contributed by atoms with Crippen LogP contribution in [0.5, 0.6) is 0 Å². The topological polar surface area (TPSA) is 94.3 Å². The molecule has 0 aliphatic carbocycles. The van der Waals surface area contributed by atoms with Crippen LogP contribution in [0.15, 0.2) is 72.9 Å². The molecule has 0 aliphatic rings. The molecule has 1 atom stereocenters. The van der Waals surface area contributed by atoms with Gasteiger partial charge in [-0.2, -0.15) is 5.10 Å². The Hall–Kier alpha value is -4.10. The number of hydrogen-bond acceptors (Lipinski definition) is 5. The molecule has 0 aliphatic heterocycles. The molecular formula is C27H25N3O4. The van der Waals surface area contributed by atoms with Crippen LogP contribution in [0.1, 0.15) is 39.7 Å². The summed E-state index contributed by atoms with van der Waals surface area (Å²) in [5.41, 5.74) is 5.27. The van der Waals surface area contributed by atoms with Crippen LogP contribution in [0.25, 0.3) is 17.1 Å². The van der Waals surface area contributed by atoms with Gasteiger partial charge in [0.2, 0.25) is 5.78 Å². The van der Waals surface area contributed by atoms with E-state index in [0.29, 0.717) is 23.3 Å². The SMILES string of the molecule is Cc1ccc(C(=O)c2nn(C/C=C/c3ccc(CO[C@H](C)C(=O)O)cc3)c3cccnc23)cc1. The molecule has 0 saturated heterocycles. The average molecular weight is 456 g/mol. The number of carbonyl (C=O) groups is 2. The fourth-order valence-electron chi connectivity index (χ4n) is 3.45. The first-order valence-electron chi connectivity index (χ1n) is 10.9. The highest BCUT2D eigenvalue weighted by atomic mass is 16.5. The van der Waals surface area contributed by atoms with Crippen molar-refractivity contribution in [3.63, 3.8) is 0 Å². The molecule has 0 radical (unpaired) electrons. The Morgan fingerprint density at radius 1 is 1.09 bits per heavy atom. The lowest BCUT2D eigenvalue weighted by atomic mass is 10.1. The summed E-state index contributed by atoms with van der Waals surface area (Å²) in [5, 5.41) is 13.5. The second-order valence-electron chi connectivity index (χ2n) is 8.03. The number of fused-ring (bicyclic) bond motifs is 1. The van der Waals surface area contributed by atoms with Crippen molar-refractivity contribution in [2.75, 3.05) is 0 Å². The van der Waals surface area contributed by atoms with Crippen molar-refractivity contribution in [3.05, 3.63) is 101 Å². The van der Waals surface area contributed by atoms with E-state index < -0.39 is 12.1 Å². The number of ether oxygens (including phenoxy) is 1. The summed E-state index contributed by atoms with van der Waals surface area (Å²) >= 11 is 0. The third-order valence-electron chi connectivity index (χ3n) is 5.45. The Kier molecular flexibility index (Phi) is 6.94. The van der Waals surface area contributed by atoms with E-state index in [0.717, 1.165) is 22.2 Å². The van der Waals surface area contributed by atoms with Crippen molar-refractivity contribution in [1.29, 1.82) is 0 Å². The Bertz CT molecular complexity index is 1340. The van der Waals surface area contributed by atoms with Crippen LogP contribution in [0.4, 0.5) is 0 Å². The maximum absolute atomic E-state index is 13.1. The van der Waals surface area contributed by atoms with Crippen molar-refractivity contribution in [2.45, 2.75) is 33.1 Å². The van der Waals surface area contributed by atoms with Gasteiger partial charge in [0.25, 0.3) is 0 Å². The quantitative estimate of drug-likeness (QED) is 0.369. The van der Waals surface area contributed by atoms with Gasteiger partial charge < -0.3 is 9.84 Å². The standard InChI is InChI=1S/C27H25N3O4/c1-18-7-13-22(14-8-18)26(31)25-24-23(6-3-15-28-24)30(29-25)16-4-5-20-9-11-21(12-10-20)17-34-19(2)27(32)33/h3-15,19H,16-17H2,1-2H3,(H,32,33)/b5-4+/t19-/m1/s1. The molecule has 172 valence electrons. The van der Waals surface area contributed by atoms with Crippen LogP contribution in [-0.2, 0) is 22.7 Å². The maximum atomic E-state index is 13.1.